The summed E-state index contributed by atoms with van der Waals surface area (Å²) in [6, 6.07) is 14.8. The number of thiol groups is 1. The molecule has 0 unspecified atom stereocenters. The van der Waals surface area contributed by atoms with Crippen LogP contribution in [0, 0.1) is 0 Å². The van der Waals surface area contributed by atoms with Crippen molar-refractivity contribution in [3.8, 4) is 0 Å². The highest BCUT2D eigenvalue weighted by Gasteiger charge is 2.11. The molecule has 1 amide bonds. The van der Waals surface area contributed by atoms with Crippen LogP contribution in [0.5, 0.6) is 0 Å². The number of fused-ring (bicyclic) bond motifs is 1. The molecule has 0 atom stereocenters. The van der Waals surface area contributed by atoms with Crippen LogP contribution in [0.15, 0.2) is 64.1 Å². The molecule has 0 aliphatic heterocycles. The molecule has 0 spiro atoms. The van der Waals surface area contributed by atoms with Gasteiger partial charge in [-0.3, -0.25) is 9.78 Å². The van der Waals surface area contributed by atoms with Crippen molar-refractivity contribution in [1.82, 2.24) is 4.98 Å². The van der Waals surface area contributed by atoms with Crippen molar-refractivity contribution in [3.05, 3.63) is 64.8 Å². The molecule has 1 N–H and O–H groups in total. The number of hydrogen-bond donors (Lipinski definition) is 2. The summed E-state index contributed by atoms with van der Waals surface area (Å²) in [4.78, 5) is 17.4. The van der Waals surface area contributed by atoms with Gasteiger partial charge in [0, 0.05) is 21.0 Å². The quantitative estimate of drug-likeness (QED) is 0.660. The summed E-state index contributed by atoms with van der Waals surface area (Å²) < 4.78 is 0.902. The van der Waals surface area contributed by atoms with Crippen LogP contribution >= 0.6 is 28.6 Å². The van der Waals surface area contributed by atoms with Gasteiger partial charge < -0.3 is 5.32 Å². The Balaban J connectivity index is 1.99. The zero-order valence-corrected chi connectivity index (χ0v) is 13.4. The highest BCUT2D eigenvalue weighted by atomic mass is 79.9. The largest absolute Gasteiger partial charge is 0.320 e. The molecule has 0 saturated carbocycles. The average Bonchev–Trinajstić information content (AvgIpc) is 2.47. The topological polar surface area (TPSA) is 42.0 Å². The Morgan fingerprint density at radius 2 is 1.95 bits per heavy atom. The molecule has 104 valence electrons. The van der Waals surface area contributed by atoms with E-state index in [1.807, 2.05) is 36.4 Å². The Labute approximate surface area is 135 Å². The van der Waals surface area contributed by atoms with Gasteiger partial charge in [-0.2, -0.15) is 0 Å². The Morgan fingerprint density at radius 1 is 1.14 bits per heavy atom. The molecule has 3 rings (SSSR count). The van der Waals surface area contributed by atoms with Crippen LogP contribution in [0.4, 0.5) is 5.69 Å². The molecule has 0 aliphatic rings. The Bertz CT molecular complexity index is 835. The predicted octanol–water partition coefficient (Wildman–Crippen LogP) is 4.54. The monoisotopic (exact) mass is 358 g/mol. The lowest BCUT2D eigenvalue weighted by molar-refractivity contribution is 0.102. The smallest absolute Gasteiger partial charge is 0.256 e. The fourth-order valence-corrected chi connectivity index (χ4v) is 2.70. The maximum atomic E-state index is 12.3. The molecule has 21 heavy (non-hydrogen) atoms. The normalized spacial score (nSPS) is 10.6. The number of halogens is 1. The first-order valence-corrected chi connectivity index (χ1v) is 7.53. The summed E-state index contributed by atoms with van der Waals surface area (Å²) in [7, 11) is 0. The number of aromatic nitrogens is 1. The Hall–Kier alpha value is -1.85. The van der Waals surface area contributed by atoms with Gasteiger partial charge in [0.25, 0.3) is 5.91 Å². The third kappa shape index (κ3) is 2.94. The van der Waals surface area contributed by atoms with E-state index in [2.05, 4.69) is 38.9 Å². The highest BCUT2D eigenvalue weighted by Crippen LogP contribution is 2.25. The number of anilines is 1. The zero-order valence-electron chi connectivity index (χ0n) is 10.9. The molecule has 0 radical (unpaired) electrons. The molecule has 0 fully saturated rings. The summed E-state index contributed by atoms with van der Waals surface area (Å²) >= 11 is 7.70. The number of hydrogen-bond acceptors (Lipinski definition) is 3. The minimum absolute atomic E-state index is 0.196. The van der Waals surface area contributed by atoms with Crippen molar-refractivity contribution in [2.45, 2.75) is 4.90 Å². The van der Waals surface area contributed by atoms with Gasteiger partial charge in [0.1, 0.15) is 0 Å². The second-order valence-electron chi connectivity index (χ2n) is 4.50. The van der Waals surface area contributed by atoms with Crippen molar-refractivity contribution in [2.24, 2.45) is 0 Å². The lowest BCUT2D eigenvalue weighted by Gasteiger charge is -2.09. The summed E-state index contributed by atoms with van der Waals surface area (Å²) in [6.07, 6.45) is 1.71. The SMILES string of the molecule is O=C(Nc1cccc2cc(Br)cnc12)c1ccccc1S. The van der Waals surface area contributed by atoms with Crippen LogP contribution in [-0.4, -0.2) is 10.9 Å². The van der Waals surface area contributed by atoms with Crippen LogP contribution in [0.25, 0.3) is 10.9 Å². The lowest BCUT2D eigenvalue weighted by Crippen LogP contribution is -2.13. The lowest BCUT2D eigenvalue weighted by atomic mass is 10.1. The van der Waals surface area contributed by atoms with E-state index in [0.29, 0.717) is 16.1 Å². The average molecular weight is 359 g/mol. The molecule has 1 heterocycles. The van der Waals surface area contributed by atoms with E-state index < -0.39 is 0 Å². The number of rotatable bonds is 2. The first-order chi connectivity index (χ1) is 10.1. The van der Waals surface area contributed by atoms with E-state index in [1.165, 1.54) is 0 Å². The second-order valence-corrected chi connectivity index (χ2v) is 5.90. The van der Waals surface area contributed by atoms with Gasteiger partial charge in [-0.15, -0.1) is 12.6 Å². The van der Waals surface area contributed by atoms with Gasteiger partial charge in [-0.1, -0.05) is 24.3 Å². The summed E-state index contributed by atoms with van der Waals surface area (Å²) in [5.74, 6) is -0.196. The van der Waals surface area contributed by atoms with Crippen molar-refractivity contribution < 1.29 is 4.79 Å². The first-order valence-electron chi connectivity index (χ1n) is 6.29. The molecule has 3 nitrogen and oxygen atoms in total. The van der Waals surface area contributed by atoms with Crippen molar-refractivity contribution in [3.63, 3.8) is 0 Å². The molecular formula is C16H11BrN2OS. The van der Waals surface area contributed by atoms with Crippen molar-refractivity contribution in [2.75, 3.05) is 5.32 Å². The van der Waals surface area contributed by atoms with Gasteiger partial charge in [0.2, 0.25) is 0 Å². The van der Waals surface area contributed by atoms with Gasteiger partial charge in [0.15, 0.2) is 0 Å². The van der Waals surface area contributed by atoms with Gasteiger partial charge in [-0.25, -0.2) is 0 Å². The van der Waals surface area contributed by atoms with E-state index in [4.69, 9.17) is 0 Å². The summed E-state index contributed by atoms with van der Waals surface area (Å²) in [6.45, 7) is 0. The second kappa shape index (κ2) is 5.87. The maximum Gasteiger partial charge on any atom is 0.256 e. The Kier molecular flexibility index (Phi) is 3.94. The molecule has 1 aromatic heterocycles. The zero-order chi connectivity index (χ0) is 14.8. The number of amides is 1. The van der Waals surface area contributed by atoms with Crippen LogP contribution < -0.4 is 5.32 Å². The maximum absolute atomic E-state index is 12.3. The van der Waals surface area contributed by atoms with E-state index in [1.54, 1.807) is 18.3 Å². The third-order valence-electron chi connectivity index (χ3n) is 3.07. The van der Waals surface area contributed by atoms with Gasteiger partial charge in [0.05, 0.1) is 16.8 Å². The first kappa shape index (κ1) is 14.1. The van der Waals surface area contributed by atoms with Crippen LogP contribution in [0.3, 0.4) is 0 Å². The molecule has 2 aromatic carbocycles. The molecule has 5 heteroatoms. The van der Waals surface area contributed by atoms with E-state index in [-0.39, 0.29) is 5.91 Å². The molecule has 0 aliphatic carbocycles. The van der Waals surface area contributed by atoms with Crippen LogP contribution in [-0.2, 0) is 0 Å². The number of para-hydroxylation sites is 1. The van der Waals surface area contributed by atoms with E-state index in [0.717, 1.165) is 15.4 Å². The minimum atomic E-state index is -0.196. The van der Waals surface area contributed by atoms with Crippen molar-refractivity contribution in [1.29, 1.82) is 0 Å². The Morgan fingerprint density at radius 3 is 2.76 bits per heavy atom. The fraction of sp³-hybridized carbons (Fsp3) is 0. The van der Waals surface area contributed by atoms with Crippen LogP contribution in [0.1, 0.15) is 10.4 Å². The fourth-order valence-electron chi connectivity index (χ4n) is 2.09. The van der Waals surface area contributed by atoms with Gasteiger partial charge in [-0.05, 0) is 40.2 Å². The number of benzene rings is 2. The summed E-state index contributed by atoms with van der Waals surface area (Å²) in [5, 5.41) is 3.86. The van der Waals surface area contributed by atoms with E-state index >= 15 is 0 Å². The van der Waals surface area contributed by atoms with Crippen molar-refractivity contribution >= 4 is 51.1 Å². The van der Waals surface area contributed by atoms with E-state index in [9.17, 15) is 4.79 Å². The number of nitrogens with one attached hydrogen (secondary N) is 1. The third-order valence-corrected chi connectivity index (χ3v) is 3.90. The molecular weight excluding hydrogens is 348 g/mol. The molecule has 0 saturated heterocycles. The number of pyridine rings is 1. The standard InChI is InChI=1S/C16H11BrN2OS/c17-11-8-10-4-3-6-13(15(10)18-9-11)19-16(20)12-5-1-2-7-14(12)21/h1-9,21H,(H,19,20). The predicted molar refractivity (Wildman–Crippen MR) is 91.1 cm³/mol. The molecule has 0 bridgehead atoms. The summed E-state index contributed by atoms with van der Waals surface area (Å²) in [5.41, 5.74) is 1.97. The number of carbonyl (C=O) groups is 1. The minimum Gasteiger partial charge on any atom is -0.320 e. The highest BCUT2D eigenvalue weighted by molar-refractivity contribution is 9.10. The van der Waals surface area contributed by atoms with Gasteiger partial charge >= 0.3 is 0 Å². The number of nitrogens with zero attached hydrogens (tertiary/aromatic N) is 1. The number of carbonyl (C=O) groups excluding carboxylic acids is 1. The molecule has 3 aromatic rings. The van der Waals surface area contributed by atoms with Crippen LogP contribution in [0.2, 0.25) is 0 Å².